The molecule has 0 N–H and O–H groups in total. The third-order valence-corrected chi connectivity index (χ3v) is 3.84. The molecule has 17 heavy (non-hydrogen) atoms. The Kier molecular flexibility index (Phi) is 3.51. The Morgan fingerprint density at radius 3 is 2.59 bits per heavy atom. The van der Waals surface area contributed by atoms with Crippen molar-refractivity contribution in [2.24, 2.45) is 5.41 Å². The van der Waals surface area contributed by atoms with Gasteiger partial charge in [-0.3, -0.25) is 4.79 Å². The monoisotopic (exact) mass is 231 g/mol. The summed E-state index contributed by atoms with van der Waals surface area (Å²) in [4.78, 5) is 14.3. The van der Waals surface area contributed by atoms with Gasteiger partial charge in [-0.2, -0.15) is 0 Å². The SMILES string of the molecule is CN(CC1(C)CCCCC1=O)c1ccccc1. The zero-order valence-electron chi connectivity index (χ0n) is 10.8. The zero-order chi connectivity index (χ0) is 12.3. The van der Waals surface area contributed by atoms with Gasteiger partial charge in [0.2, 0.25) is 0 Å². The molecule has 1 saturated carbocycles. The van der Waals surface area contributed by atoms with Gasteiger partial charge < -0.3 is 4.90 Å². The number of Topliss-reactive ketones (excluding diaryl/α,β-unsaturated/α-hetero) is 1. The molecule has 1 aromatic carbocycles. The van der Waals surface area contributed by atoms with Gasteiger partial charge in [0.15, 0.2) is 0 Å². The van der Waals surface area contributed by atoms with Gasteiger partial charge in [0.05, 0.1) is 0 Å². The molecule has 1 aliphatic rings. The van der Waals surface area contributed by atoms with E-state index in [9.17, 15) is 4.79 Å². The lowest BCUT2D eigenvalue weighted by atomic mass is 9.74. The van der Waals surface area contributed by atoms with Crippen molar-refractivity contribution in [2.45, 2.75) is 32.6 Å². The highest BCUT2D eigenvalue weighted by Gasteiger charge is 2.35. The van der Waals surface area contributed by atoms with Gasteiger partial charge >= 0.3 is 0 Å². The summed E-state index contributed by atoms with van der Waals surface area (Å²) in [6, 6.07) is 10.3. The normalized spacial score (nSPS) is 24.7. The molecule has 0 bridgehead atoms. The van der Waals surface area contributed by atoms with Crippen molar-refractivity contribution < 1.29 is 4.79 Å². The van der Waals surface area contributed by atoms with E-state index in [4.69, 9.17) is 0 Å². The molecule has 0 saturated heterocycles. The number of para-hydroxylation sites is 1. The molecule has 2 heteroatoms. The van der Waals surface area contributed by atoms with E-state index in [1.807, 2.05) is 18.2 Å². The van der Waals surface area contributed by atoms with E-state index in [0.717, 1.165) is 25.8 Å². The van der Waals surface area contributed by atoms with Gasteiger partial charge in [-0.15, -0.1) is 0 Å². The highest BCUT2D eigenvalue weighted by Crippen LogP contribution is 2.34. The van der Waals surface area contributed by atoms with Crippen LogP contribution < -0.4 is 4.90 Å². The summed E-state index contributed by atoms with van der Waals surface area (Å²) in [5, 5.41) is 0. The minimum absolute atomic E-state index is 0.150. The van der Waals surface area contributed by atoms with Crippen molar-refractivity contribution in [3.63, 3.8) is 0 Å². The summed E-state index contributed by atoms with van der Waals surface area (Å²) >= 11 is 0. The maximum absolute atomic E-state index is 12.1. The average molecular weight is 231 g/mol. The number of hydrogen-bond acceptors (Lipinski definition) is 2. The minimum atomic E-state index is -0.150. The van der Waals surface area contributed by atoms with Crippen molar-refractivity contribution in [3.8, 4) is 0 Å². The van der Waals surface area contributed by atoms with Gasteiger partial charge in [0.25, 0.3) is 0 Å². The molecule has 0 aromatic heterocycles. The molecule has 0 spiro atoms. The smallest absolute Gasteiger partial charge is 0.140 e. The van der Waals surface area contributed by atoms with Crippen molar-refractivity contribution in [1.29, 1.82) is 0 Å². The van der Waals surface area contributed by atoms with Crippen LogP contribution in [0.3, 0.4) is 0 Å². The quantitative estimate of drug-likeness (QED) is 0.795. The Bertz CT molecular complexity index is 387. The van der Waals surface area contributed by atoms with E-state index < -0.39 is 0 Å². The maximum atomic E-state index is 12.1. The zero-order valence-corrected chi connectivity index (χ0v) is 10.8. The van der Waals surface area contributed by atoms with E-state index in [2.05, 4.69) is 31.0 Å². The first-order valence-electron chi connectivity index (χ1n) is 6.41. The fourth-order valence-electron chi connectivity index (χ4n) is 2.71. The first-order chi connectivity index (χ1) is 8.12. The van der Waals surface area contributed by atoms with Crippen molar-refractivity contribution >= 4 is 11.5 Å². The second-order valence-electron chi connectivity index (χ2n) is 5.38. The maximum Gasteiger partial charge on any atom is 0.140 e. The summed E-state index contributed by atoms with van der Waals surface area (Å²) in [6.07, 6.45) is 4.05. The standard InChI is InChI=1S/C15H21NO/c1-15(11-7-6-10-14(15)17)12-16(2)13-8-4-3-5-9-13/h3-5,8-9H,6-7,10-12H2,1-2H3. The number of ketones is 1. The number of nitrogens with zero attached hydrogens (tertiary/aromatic N) is 1. The van der Waals surface area contributed by atoms with Gasteiger partial charge in [-0.05, 0) is 25.0 Å². The molecule has 2 nitrogen and oxygen atoms in total. The van der Waals surface area contributed by atoms with Crippen LogP contribution in [0.15, 0.2) is 30.3 Å². The molecule has 1 atom stereocenters. The van der Waals surface area contributed by atoms with Crippen LogP contribution in [0, 0.1) is 5.41 Å². The van der Waals surface area contributed by atoms with E-state index >= 15 is 0 Å². The Morgan fingerprint density at radius 1 is 1.24 bits per heavy atom. The van der Waals surface area contributed by atoms with E-state index in [0.29, 0.717) is 5.78 Å². The lowest BCUT2D eigenvalue weighted by Crippen LogP contribution is -2.41. The minimum Gasteiger partial charge on any atom is -0.374 e. The lowest BCUT2D eigenvalue weighted by molar-refractivity contribution is -0.129. The number of anilines is 1. The number of rotatable bonds is 3. The molecule has 0 radical (unpaired) electrons. The molecule has 0 aliphatic heterocycles. The second kappa shape index (κ2) is 4.91. The van der Waals surface area contributed by atoms with Crippen molar-refractivity contribution in [1.82, 2.24) is 0 Å². The number of carbonyl (C=O) groups excluding carboxylic acids is 1. The molecule has 0 amide bonds. The lowest BCUT2D eigenvalue weighted by Gasteiger charge is -2.36. The number of hydrogen-bond donors (Lipinski definition) is 0. The topological polar surface area (TPSA) is 20.3 Å². The second-order valence-corrected chi connectivity index (χ2v) is 5.38. The average Bonchev–Trinajstić information content (AvgIpc) is 2.34. The highest BCUT2D eigenvalue weighted by molar-refractivity contribution is 5.85. The third kappa shape index (κ3) is 2.68. The van der Waals surface area contributed by atoms with Crippen molar-refractivity contribution in [2.75, 3.05) is 18.5 Å². The van der Waals surface area contributed by atoms with Crippen molar-refractivity contribution in [3.05, 3.63) is 30.3 Å². The van der Waals surface area contributed by atoms with Crippen LogP contribution in [-0.4, -0.2) is 19.4 Å². The largest absolute Gasteiger partial charge is 0.374 e. The summed E-state index contributed by atoms with van der Waals surface area (Å²) in [6.45, 7) is 2.95. The molecule has 92 valence electrons. The molecule has 1 fully saturated rings. The van der Waals surface area contributed by atoms with Crippen LogP contribution in [-0.2, 0) is 4.79 Å². The van der Waals surface area contributed by atoms with E-state index in [-0.39, 0.29) is 5.41 Å². The third-order valence-electron chi connectivity index (χ3n) is 3.84. The van der Waals surface area contributed by atoms with Gasteiger partial charge in [-0.25, -0.2) is 0 Å². The summed E-state index contributed by atoms with van der Waals surface area (Å²) in [7, 11) is 2.07. The molecule has 1 aromatic rings. The van der Waals surface area contributed by atoms with Crippen LogP contribution in [0.5, 0.6) is 0 Å². The number of carbonyl (C=O) groups is 1. The van der Waals surface area contributed by atoms with Gasteiger partial charge in [0, 0.05) is 31.1 Å². The fourth-order valence-corrected chi connectivity index (χ4v) is 2.71. The van der Waals surface area contributed by atoms with E-state index in [1.54, 1.807) is 0 Å². The fraction of sp³-hybridized carbons (Fsp3) is 0.533. The van der Waals surface area contributed by atoms with Crippen LogP contribution in [0.4, 0.5) is 5.69 Å². The van der Waals surface area contributed by atoms with Crippen LogP contribution >= 0.6 is 0 Å². The van der Waals surface area contributed by atoms with Gasteiger partial charge in [0.1, 0.15) is 5.78 Å². The van der Waals surface area contributed by atoms with Crippen LogP contribution in [0.25, 0.3) is 0 Å². The molecule has 1 aliphatic carbocycles. The highest BCUT2D eigenvalue weighted by atomic mass is 16.1. The molecule has 0 heterocycles. The Hall–Kier alpha value is -1.31. The predicted octanol–water partition coefficient (Wildman–Crippen LogP) is 3.27. The summed E-state index contributed by atoms with van der Waals surface area (Å²) in [5.41, 5.74) is 1.04. The van der Waals surface area contributed by atoms with E-state index in [1.165, 1.54) is 12.1 Å². The van der Waals surface area contributed by atoms with Crippen LogP contribution in [0.2, 0.25) is 0 Å². The summed E-state index contributed by atoms with van der Waals surface area (Å²) < 4.78 is 0. The molecular weight excluding hydrogens is 210 g/mol. The predicted molar refractivity (Wildman–Crippen MR) is 71.3 cm³/mol. The molecule has 1 unspecified atom stereocenters. The number of benzene rings is 1. The van der Waals surface area contributed by atoms with Crippen LogP contribution in [0.1, 0.15) is 32.6 Å². The molecule has 2 rings (SSSR count). The Labute approximate surface area is 104 Å². The Morgan fingerprint density at radius 2 is 1.94 bits per heavy atom. The molecular formula is C15H21NO. The summed E-state index contributed by atoms with van der Waals surface area (Å²) in [5.74, 6) is 0.437. The first kappa shape index (κ1) is 12.2. The Balaban J connectivity index is 2.07. The first-order valence-corrected chi connectivity index (χ1v) is 6.41. The van der Waals surface area contributed by atoms with Gasteiger partial charge in [-0.1, -0.05) is 31.5 Å².